The predicted molar refractivity (Wildman–Crippen MR) is 211 cm³/mol. The molecular formula is C47H33N3. The molecule has 1 aliphatic carbocycles. The molecule has 1 aliphatic rings. The van der Waals surface area contributed by atoms with Crippen molar-refractivity contribution in [3.8, 4) is 28.1 Å². The van der Waals surface area contributed by atoms with Gasteiger partial charge in [-0.3, -0.25) is 0 Å². The van der Waals surface area contributed by atoms with E-state index in [1.165, 1.54) is 49.4 Å². The second kappa shape index (κ2) is 11.4. The lowest BCUT2D eigenvalue weighted by atomic mass is 9.93. The fourth-order valence-corrected chi connectivity index (χ4v) is 7.79. The maximum atomic E-state index is 5.49. The molecule has 236 valence electrons. The van der Waals surface area contributed by atoms with Crippen molar-refractivity contribution in [1.29, 1.82) is 0 Å². The summed E-state index contributed by atoms with van der Waals surface area (Å²) in [6.45, 7) is 2.26. The van der Waals surface area contributed by atoms with E-state index in [1.54, 1.807) is 0 Å². The van der Waals surface area contributed by atoms with Crippen molar-refractivity contribution in [2.75, 3.05) is 0 Å². The lowest BCUT2D eigenvalue weighted by Gasteiger charge is -2.17. The summed E-state index contributed by atoms with van der Waals surface area (Å²) >= 11 is 0. The van der Waals surface area contributed by atoms with Gasteiger partial charge < -0.3 is 4.57 Å². The molecule has 7 aromatic carbocycles. The average Bonchev–Trinajstić information content (AvgIpc) is 3.52. The van der Waals surface area contributed by atoms with E-state index in [0.717, 1.165) is 50.8 Å². The first kappa shape index (κ1) is 28.7. The van der Waals surface area contributed by atoms with Gasteiger partial charge in [0.1, 0.15) is 0 Å². The zero-order chi connectivity index (χ0) is 33.2. The van der Waals surface area contributed by atoms with Crippen molar-refractivity contribution in [1.82, 2.24) is 14.5 Å². The Bertz CT molecular complexity index is 2840. The fraction of sp³-hybridized carbons (Fsp3) is 0.0638. The molecule has 2 heterocycles. The number of allylic oxidation sites excluding steroid dienone is 4. The van der Waals surface area contributed by atoms with Crippen LogP contribution < -0.4 is 0 Å². The van der Waals surface area contributed by atoms with Gasteiger partial charge in [0.05, 0.1) is 33.5 Å². The summed E-state index contributed by atoms with van der Waals surface area (Å²) in [5.41, 5.74) is 11.9. The van der Waals surface area contributed by atoms with Crippen molar-refractivity contribution in [2.24, 2.45) is 5.92 Å². The summed E-state index contributed by atoms with van der Waals surface area (Å²) in [6.07, 6.45) is 7.83. The van der Waals surface area contributed by atoms with Crippen LogP contribution in [0.25, 0.3) is 88.0 Å². The maximum Gasteiger partial charge on any atom is 0.0979 e. The Balaban J connectivity index is 1.14. The third-order valence-corrected chi connectivity index (χ3v) is 10.3. The van der Waals surface area contributed by atoms with Crippen LogP contribution >= 0.6 is 0 Å². The van der Waals surface area contributed by atoms with Crippen LogP contribution in [-0.4, -0.2) is 14.5 Å². The summed E-state index contributed by atoms with van der Waals surface area (Å²) < 4.78 is 2.36. The molecule has 0 saturated heterocycles. The van der Waals surface area contributed by atoms with Crippen LogP contribution in [0.15, 0.2) is 164 Å². The molecule has 3 nitrogen and oxygen atoms in total. The number of nitrogens with zero attached hydrogens (tertiary/aromatic N) is 3. The standard InChI is InChI=1S/C47H33N3/c1-30-19-21-32(22-20-30)44-45(49-47-40-17-8-6-14-37(40)36-13-5-7-16-39(36)46(47)48-44)33-25-23-31(24-26-33)34-27-28-43-41(29-34)38-15-9-10-18-42(38)50(43)35-11-3-2-4-12-35/h2-19,21-30H,20H2,1H3. The summed E-state index contributed by atoms with van der Waals surface area (Å²) in [4.78, 5) is 11.0. The lowest BCUT2D eigenvalue weighted by Crippen LogP contribution is -2.02. The largest absolute Gasteiger partial charge is 0.309 e. The Hall–Kier alpha value is -6.32. The number of para-hydroxylation sites is 2. The van der Waals surface area contributed by atoms with Crippen LogP contribution in [0, 0.1) is 5.92 Å². The molecule has 1 unspecified atom stereocenters. The van der Waals surface area contributed by atoms with Crippen molar-refractivity contribution in [3.05, 3.63) is 170 Å². The third-order valence-electron chi connectivity index (χ3n) is 10.3. The molecule has 10 rings (SSSR count). The van der Waals surface area contributed by atoms with Gasteiger partial charge in [-0.25, -0.2) is 9.97 Å². The molecule has 0 amide bonds. The minimum Gasteiger partial charge on any atom is -0.309 e. The molecule has 0 aliphatic heterocycles. The monoisotopic (exact) mass is 639 g/mol. The normalized spacial score (nSPS) is 14.7. The molecule has 0 fully saturated rings. The minimum absolute atomic E-state index is 0.513. The molecule has 50 heavy (non-hydrogen) atoms. The van der Waals surface area contributed by atoms with Crippen LogP contribution in [0.2, 0.25) is 0 Å². The summed E-state index contributed by atoms with van der Waals surface area (Å²) in [6, 6.07) is 52.2. The molecule has 2 aromatic heterocycles. The van der Waals surface area contributed by atoms with E-state index in [9.17, 15) is 0 Å². The molecule has 0 radical (unpaired) electrons. The second-order valence-corrected chi connectivity index (χ2v) is 13.4. The number of benzene rings is 7. The predicted octanol–water partition coefficient (Wildman–Crippen LogP) is 12.3. The Morgan fingerprint density at radius 3 is 1.74 bits per heavy atom. The lowest BCUT2D eigenvalue weighted by molar-refractivity contribution is 0.738. The third kappa shape index (κ3) is 4.51. The van der Waals surface area contributed by atoms with Crippen LogP contribution in [0.4, 0.5) is 0 Å². The average molecular weight is 640 g/mol. The summed E-state index contributed by atoms with van der Waals surface area (Å²) in [5.74, 6) is 0.513. The van der Waals surface area contributed by atoms with Crippen molar-refractivity contribution in [3.63, 3.8) is 0 Å². The van der Waals surface area contributed by atoms with Gasteiger partial charge in [0.25, 0.3) is 0 Å². The van der Waals surface area contributed by atoms with Gasteiger partial charge in [0.2, 0.25) is 0 Å². The number of aromatic nitrogens is 3. The smallest absolute Gasteiger partial charge is 0.0979 e. The summed E-state index contributed by atoms with van der Waals surface area (Å²) in [7, 11) is 0. The van der Waals surface area contributed by atoms with Crippen LogP contribution in [0.1, 0.15) is 19.0 Å². The SMILES string of the molecule is CC1C=CC(c2nc3c4ccccc4c4ccccc4c3nc2-c2ccc(-c3ccc4c(c3)c3ccccc3n4-c3ccccc3)cc2)=CC1. The van der Waals surface area contributed by atoms with Gasteiger partial charge >= 0.3 is 0 Å². The van der Waals surface area contributed by atoms with Gasteiger partial charge in [0.15, 0.2) is 0 Å². The van der Waals surface area contributed by atoms with Gasteiger partial charge in [-0.15, -0.1) is 0 Å². The highest BCUT2D eigenvalue weighted by molar-refractivity contribution is 6.23. The second-order valence-electron chi connectivity index (χ2n) is 13.4. The molecule has 9 aromatic rings. The van der Waals surface area contributed by atoms with E-state index < -0.39 is 0 Å². The highest BCUT2D eigenvalue weighted by Crippen LogP contribution is 2.39. The van der Waals surface area contributed by atoms with Crippen molar-refractivity contribution in [2.45, 2.75) is 13.3 Å². The van der Waals surface area contributed by atoms with E-state index in [0.29, 0.717) is 5.92 Å². The topological polar surface area (TPSA) is 30.7 Å². The Morgan fingerprint density at radius 1 is 0.500 bits per heavy atom. The Labute approximate surface area is 290 Å². The van der Waals surface area contributed by atoms with Crippen LogP contribution in [0.3, 0.4) is 0 Å². The van der Waals surface area contributed by atoms with E-state index in [2.05, 4.69) is 175 Å². The maximum absolute atomic E-state index is 5.49. The molecule has 0 bridgehead atoms. The highest BCUT2D eigenvalue weighted by Gasteiger charge is 2.20. The summed E-state index contributed by atoms with van der Waals surface area (Å²) in [5, 5.41) is 7.17. The number of hydrogen-bond acceptors (Lipinski definition) is 2. The quantitative estimate of drug-likeness (QED) is 0.179. The van der Waals surface area contributed by atoms with E-state index >= 15 is 0 Å². The zero-order valence-electron chi connectivity index (χ0n) is 27.7. The number of hydrogen-bond donors (Lipinski definition) is 0. The first-order valence-corrected chi connectivity index (χ1v) is 17.4. The van der Waals surface area contributed by atoms with Crippen molar-refractivity contribution < 1.29 is 0 Å². The first-order valence-electron chi connectivity index (χ1n) is 17.4. The molecule has 0 spiro atoms. The Morgan fingerprint density at radius 2 is 1.06 bits per heavy atom. The van der Waals surface area contributed by atoms with E-state index in [4.69, 9.17) is 9.97 Å². The number of fused-ring (bicyclic) bond motifs is 9. The minimum atomic E-state index is 0.513. The molecule has 3 heteroatoms. The molecule has 0 saturated carbocycles. The van der Waals surface area contributed by atoms with Crippen molar-refractivity contribution >= 4 is 60.0 Å². The van der Waals surface area contributed by atoms with E-state index in [1.807, 2.05) is 0 Å². The van der Waals surface area contributed by atoms with Crippen LogP contribution in [-0.2, 0) is 0 Å². The number of rotatable bonds is 4. The highest BCUT2D eigenvalue weighted by atomic mass is 15.0. The van der Waals surface area contributed by atoms with Gasteiger partial charge in [-0.2, -0.15) is 0 Å². The Kier molecular flexibility index (Phi) is 6.53. The van der Waals surface area contributed by atoms with E-state index in [-0.39, 0.29) is 0 Å². The van der Waals surface area contributed by atoms with Gasteiger partial charge in [-0.1, -0.05) is 140 Å². The molecule has 0 N–H and O–H groups in total. The van der Waals surface area contributed by atoms with Gasteiger partial charge in [-0.05, 0) is 70.1 Å². The molecular weight excluding hydrogens is 607 g/mol. The van der Waals surface area contributed by atoms with Crippen LogP contribution in [0.5, 0.6) is 0 Å². The fourth-order valence-electron chi connectivity index (χ4n) is 7.79. The zero-order valence-corrected chi connectivity index (χ0v) is 27.7. The van der Waals surface area contributed by atoms with Gasteiger partial charge in [0, 0.05) is 32.8 Å². The molecule has 1 atom stereocenters. The first-order chi connectivity index (χ1) is 24.7.